The van der Waals surface area contributed by atoms with Crippen molar-refractivity contribution in [3.05, 3.63) is 36.0 Å². The van der Waals surface area contributed by atoms with Crippen LogP contribution >= 0.6 is 11.3 Å². The number of anilines is 1. The van der Waals surface area contributed by atoms with Crippen molar-refractivity contribution in [1.29, 1.82) is 0 Å². The third-order valence-corrected chi connectivity index (χ3v) is 3.51. The van der Waals surface area contributed by atoms with E-state index in [9.17, 15) is 4.79 Å². The molecule has 2 amide bonds. The van der Waals surface area contributed by atoms with E-state index in [0.717, 1.165) is 16.1 Å². The zero-order valence-electron chi connectivity index (χ0n) is 10.4. The van der Waals surface area contributed by atoms with Crippen LogP contribution in [-0.2, 0) is 0 Å². The van der Waals surface area contributed by atoms with Crippen molar-refractivity contribution in [1.82, 2.24) is 10.3 Å². The molecule has 0 atom stereocenters. The molecule has 1 heterocycles. The standard InChI is InChI=1S/C13H15N3OS/c1-3-14-12(17)16-13-15-9(2)11(18-13)10-7-5-4-6-8-10/h4-8H,3H2,1-2H3,(H2,14,15,16,17). The highest BCUT2D eigenvalue weighted by molar-refractivity contribution is 7.19. The Morgan fingerprint density at radius 2 is 2.06 bits per heavy atom. The van der Waals surface area contributed by atoms with Gasteiger partial charge in [-0.25, -0.2) is 9.78 Å². The van der Waals surface area contributed by atoms with Crippen molar-refractivity contribution >= 4 is 22.5 Å². The molecule has 4 nitrogen and oxygen atoms in total. The summed E-state index contributed by atoms with van der Waals surface area (Å²) < 4.78 is 0. The first-order valence-corrected chi connectivity index (χ1v) is 6.60. The molecule has 0 bridgehead atoms. The molecule has 94 valence electrons. The first-order valence-electron chi connectivity index (χ1n) is 5.78. The molecule has 0 spiro atoms. The molecular formula is C13H15N3OS. The third-order valence-electron chi connectivity index (χ3n) is 2.39. The fourth-order valence-corrected chi connectivity index (χ4v) is 2.58. The van der Waals surface area contributed by atoms with Crippen LogP contribution in [0.3, 0.4) is 0 Å². The summed E-state index contributed by atoms with van der Waals surface area (Å²) >= 11 is 1.48. The Bertz CT molecular complexity index is 536. The number of hydrogen-bond donors (Lipinski definition) is 2. The number of rotatable bonds is 3. The minimum Gasteiger partial charge on any atom is -0.338 e. The Morgan fingerprint density at radius 3 is 2.72 bits per heavy atom. The lowest BCUT2D eigenvalue weighted by molar-refractivity contribution is 0.252. The summed E-state index contributed by atoms with van der Waals surface area (Å²) in [5, 5.41) is 6.03. The number of carbonyl (C=O) groups excluding carboxylic acids is 1. The van der Waals surface area contributed by atoms with Crippen LogP contribution in [0.15, 0.2) is 30.3 Å². The van der Waals surface area contributed by atoms with E-state index in [4.69, 9.17) is 0 Å². The summed E-state index contributed by atoms with van der Waals surface area (Å²) in [5.41, 5.74) is 2.05. The van der Waals surface area contributed by atoms with E-state index in [2.05, 4.69) is 15.6 Å². The molecule has 0 aliphatic rings. The molecule has 0 radical (unpaired) electrons. The maximum absolute atomic E-state index is 11.4. The molecule has 5 heteroatoms. The van der Waals surface area contributed by atoms with Crippen molar-refractivity contribution < 1.29 is 4.79 Å². The molecule has 2 N–H and O–H groups in total. The van der Waals surface area contributed by atoms with Crippen molar-refractivity contribution in [3.8, 4) is 10.4 Å². The molecule has 0 aliphatic carbocycles. The van der Waals surface area contributed by atoms with Crippen LogP contribution in [0.2, 0.25) is 0 Å². The summed E-state index contributed by atoms with van der Waals surface area (Å²) in [6.45, 7) is 4.42. The average molecular weight is 261 g/mol. The molecule has 0 fully saturated rings. The van der Waals surface area contributed by atoms with E-state index < -0.39 is 0 Å². The molecule has 0 saturated carbocycles. The maximum Gasteiger partial charge on any atom is 0.321 e. The smallest absolute Gasteiger partial charge is 0.321 e. The van der Waals surface area contributed by atoms with Crippen molar-refractivity contribution in [3.63, 3.8) is 0 Å². The number of urea groups is 1. The van der Waals surface area contributed by atoms with Crippen LogP contribution in [-0.4, -0.2) is 17.6 Å². The molecule has 1 aromatic carbocycles. The van der Waals surface area contributed by atoms with Gasteiger partial charge in [0.1, 0.15) is 0 Å². The van der Waals surface area contributed by atoms with Gasteiger partial charge in [0, 0.05) is 6.54 Å². The van der Waals surface area contributed by atoms with Gasteiger partial charge in [-0.05, 0) is 19.4 Å². The zero-order valence-corrected chi connectivity index (χ0v) is 11.2. The van der Waals surface area contributed by atoms with E-state index in [-0.39, 0.29) is 6.03 Å². The number of nitrogens with zero attached hydrogens (tertiary/aromatic N) is 1. The molecule has 1 aromatic heterocycles. The Labute approximate surface area is 110 Å². The normalized spacial score (nSPS) is 10.1. The van der Waals surface area contributed by atoms with Gasteiger partial charge in [0.15, 0.2) is 5.13 Å². The van der Waals surface area contributed by atoms with Gasteiger partial charge in [0.2, 0.25) is 0 Å². The number of carbonyl (C=O) groups is 1. The first kappa shape index (κ1) is 12.6. The Hall–Kier alpha value is -1.88. The highest BCUT2D eigenvalue weighted by Crippen LogP contribution is 2.32. The average Bonchev–Trinajstić information content (AvgIpc) is 2.71. The highest BCUT2D eigenvalue weighted by atomic mass is 32.1. The van der Waals surface area contributed by atoms with Gasteiger partial charge < -0.3 is 5.32 Å². The lowest BCUT2D eigenvalue weighted by Crippen LogP contribution is -2.28. The molecule has 0 unspecified atom stereocenters. The Morgan fingerprint density at radius 1 is 1.33 bits per heavy atom. The maximum atomic E-state index is 11.4. The van der Waals surface area contributed by atoms with E-state index in [1.165, 1.54) is 11.3 Å². The lowest BCUT2D eigenvalue weighted by Gasteiger charge is -2.00. The quantitative estimate of drug-likeness (QED) is 0.891. The minimum atomic E-state index is -0.217. The summed E-state index contributed by atoms with van der Waals surface area (Å²) in [5.74, 6) is 0. The Kier molecular flexibility index (Phi) is 3.94. The zero-order chi connectivity index (χ0) is 13.0. The van der Waals surface area contributed by atoms with Crippen LogP contribution in [0.5, 0.6) is 0 Å². The number of hydrogen-bond acceptors (Lipinski definition) is 3. The van der Waals surface area contributed by atoms with Gasteiger partial charge in [-0.3, -0.25) is 5.32 Å². The second kappa shape index (κ2) is 5.64. The first-order chi connectivity index (χ1) is 8.70. The van der Waals surface area contributed by atoms with Gasteiger partial charge in [-0.2, -0.15) is 0 Å². The monoisotopic (exact) mass is 261 g/mol. The number of aromatic nitrogens is 1. The second-order valence-electron chi connectivity index (χ2n) is 3.78. The van der Waals surface area contributed by atoms with Gasteiger partial charge >= 0.3 is 6.03 Å². The van der Waals surface area contributed by atoms with Crippen molar-refractivity contribution in [2.75, 3.05) is 11.9 Å². The number of aryl methyl sites for hydroxylation is 1. The largest absolute Gasteiger partial charge is 0.338 e. The van der Waals surface area contributed by atoms with Gasteiger partial charge in [-0.15, -0.1) is 0 Å². The van der Waals surface area contributed by atoms with Crippen LogP contribution in [0.1, 0.15) is 12.6 Å². The summed E-state index contributed by atoms with van der Waals surface area (Å²) in [4.78, 5) is 16.9. The van der Waals surface area contributed by atoms with E-state index in [1.807, 2.05) is 44.2 Å². The van der Waals surface area contributed by atoms with Crippen molar-refractivity contribution in [2.45, 2.75) is 13.8 Å². The SMILES string of the molecule is CCNC(=O)Nc1nc(C)c(-c2ccccc2)s1. The lowest BCUT2D eigenvalue weighted by atomic mass is 10.2. The Balaban J connectivity index is 2.20. The fourth-order valence-electron chi connectivity index (χ4n) is 1.61. The van der Waals surface area contributed by atoms with Crippen molar-refractivity contribution in [2.24, 2.45) is 0 Å². The number of thiazole rings is 1. The van der Waals surface area contributed by atoms with E-state index in [0.29, 0.717) is 11.7 Å². The van der Waals surface area contributed by atoms with Crippen LogP contribution in [0.25, 0.3) is 10.4 Å². The summed E-state index contributed by atoms with van der Waals surface area (Å²) in [6.07, 6.45) is 0. The predicted molar refractivity (Wildman–Crippen MR) is 75.0 cm³/mol. The summed E-state index contributed by atoms with van der Waals surface area (Å²) in [6, 6.07) is 9.82. The number of amides is 2. The van der Waals surface area contributed by atoms with Gasteiger partial charge in [0.25, 0.3) is 0 Å². The molecule has 2 rings (SSSR count). The second-order valence-corrected chi connectivity index (χ2v) is 4.78. The molecule has 18 heavy (non-hydrogen) atoms. The van der Waals surface area contributed by atoms with Crippen LogP contribution in [0, 0.1) is 6.92 Å². The third kappa shape index (κ3) is 2.87. The molecule has 0 saturated heterocycles. The highest BCUT2D eigenvalue weighted by Gasteiger charge is 2.10. The van der Waals surface area contributed by atoms with Crippen LogP contribution < -0.4 is 10.6 Å². The fraction of sp³-hybridized carbons (Fsp3) is 0.231. The van der Waals surface area contributed by atoms with Crippen LogP contribution in [0.4, 0.5) is 9.93 Å². The van der Waals surface area contributed by atoms with Gasteiger partial charge in [-0.1, -0.05) is 41.7 Å². The topological polar surface area (TPSA) is 54.0 Å². The van der Waals surface area contributed by atoms with E-state index in [1.54, 1.807) is 0 Å². The predicted octanol–water partition coefficient (Wildman–Crippen LogP) is 3.26. The summed E-state index contributed by atoms with van der Waals surface area (Å²) in [7, 11) is 0. The van der Waals surface area contributed by atoms with Gasteiger partial charge in [0.05, 0.1) is 10.6 Å². The molecular weight excluding hydrogens is 246 g/mol. The van der Waals surface area contributed by atoms with E-state index >= 15 is 0 Å². The number of nitrogens with one attached hydrogen (secondary N) is 2. The molecule has 0 aliphatic heterocycles. The molecule has 2 aromatic rings. The minimum absolute atomic E-state index is 0.217. The number of benzene rings is 1.